The first-order chi connectivity index (χ1) is 9.61. The van der Waals surface area contributed by atoms with Crippen LogP contribution < -0.4 is 0 Å². The lowest BCUT2D eigenvalue weighted by molar-refractivity contribution is -0.131. The minimum Gasteiger partial charge on any atom is -0.394 e. The third kappa shape index (κ3) is 3.81. The van der Waals surface area contributed by atoms with Crippen LogP contribution in [-0.2, 0) is 4.79 Å². The number of rotatable bonds is 5. The molecule has 1 aromatic carbocycles. The van der Waals surface area contributed by atoms with Crippen LogP contribution in [0.1, 0.15) is 24.4 Å². The van der Waals surface area contributed by atoms with Crippen molar-refractivity contribution in [3.05, 3.63) is 34.3 Å². The van der Waals surface area contributed by atoms with Crippen LogP contribution in [0, 0.1) is 0 Å². The third-order valence-electron chi connectivity index (χ3n) is 3.78. The second kappa shape index (κ2) is 7.20. The number of carbonyl (C=O) groups excluding carboxylic acids is 1. The molecule has 2 rings (SSSR count). The zero-order chi connectivity index (χ0) is 14.5. The van der Waals surface area contributed by atoms with Gasteiger partial charge >= 0.3 is 0 Å². The Morgan fingerprint density at radius 1 is 1.45 bits per heavy atom. The summed E-state index contributed by atoms with van der Waals surface area (Å²) in [5.74, 6) is 0.151. The second-order valence-electron chi connectivity index (χ2n) is 5.26. The predicted octanol–water partition coefficient (Wildman–Crippen LogP) is 2.04. The van der Waals surface area contributed by atoms with Crippen LogP contribution in [0.3, 0.4) is 0 Å². The molecule has 20 heavy (non-hydrogen) atoms. The third-order valence-corrected chi connectivity index (χ3v) is 4.28. The number of aliphatic hydroxyl groups excluding tert-OH is 1. The summed E-state index contributed by atoms with van der Waals surface area (Å²) < 4.78 is 0.979. The van der Waals surface area contributed by atoms with Gasteiger partial charge in [0.25, 0.3) is 0 Å². The largest absolute Gasteiger partial charge is 0.394 e. The van der Waals surface area contributed by atoms with E-state index < -0.39 is 0 Å². The van der Waals surface area contributed by atoms with E-state index in [1.807, 2.05) is 41.1 Å². The molecule has 4 nitrogen and oxygen atoms in total. The van der Waals surface area contributed by atoms with Crippen molar-refractivity contribution in [3.63, 3.8) is 0 Å². The molecule has 0 spiro atoms. The van der Waals surface area contributed by atoms with Gasteiger partial charge in [0.1, 0.15) is 0 Å². The van der Waals surface area contributed by atoms with E-state index in [1.54, 1.807) is 0 Å². The number of amides is 1. The second-order valence-corrected chi connectivity index (χ2v) is 6.17. The van der Waals surface area contributed by atoms with Gasteiger partial charge in [-0.2, -0.15) is 0 Å². The van der Waals surface area contributed by atoms with E-state index in [4.69, 9.17) is 0 Å². The van der Waals surface area contributed by atoms with Crippen LogP contribution >= 0.6 is 15.9 Å². The standard InChI is InChI=1S/C15H21BrN2O2/c1-17(10-15(20)18-7-2-3-8-18)14(11-19)12-5-4-6-13(16)9-12/h4-6,9,14,19H,2-3,7-8,10-11H2,1H3. The highest BCUT2D eigenvalue weighted by Crippen LogP contribution is 2.22. The Kier molecular flexibility index (Phi) is 5.57. The molecule has 1 heterocycles. The summed E-state index contributed by atoms with van der Waals surface area (Å²) in [6, 6.07) is 7.70. The molecule has 1 amide bonds. The van der Waals surface area contributed by atoms with Gasteiger partial charge in [-0.1, -0.05) is 28.1 Å². The van der Waals surface area contributed by atoms with E-state index in [2.05, 4.69) is 15.9 Å². The number of likely N-dealkylation sites (tertiary alicyclic amines) is 1. The molecular formula is C15H21BrN2O2. The van der Waals surface area contributed by atoms with Crippen molar-refractivity contribution in [1.29, 1.82) is 0 Å². The summed E-state index contributed by atoms with van der Waals surface area (Å²) in [5, 5.41) is 9.64. The fourth-order valence-electron chi connectivity index (χ4n) is 2.60. The molecule has 0 radical (unpaired) electrons. The lowest BCUT2D eigenvalue weighted by atomic mass is 10.1. The van der Waals surface area contributed by atoms with Gasteiger partial charge in [0, 0.05) is 17.6 Å². The number of benzene rings is 1. The first-order valence-electron chi connectivity index (χ1n) is 6.96. The Morgan fingerprint density at radius 2 is 2.15 bits per heavy atom. The Balaban J connectivity index is 2.01. The van der Waals surface area contributed by atoms with Gasteiger partial charge in [-0.25, -0.2) is 0 Å². The van der Waals surface area contributed by atoms with Gasteiger partial charge in [0.05, 0.1) is 19.2 Å². The zero-order valence-corrected chi connectivity index (χ0v) is 13.3. The van der Waals surface area contributed by atoms with Gasteiger partial charge < -0.3 is 10.0 Å². The number of nitrogens with zero attached hydrogens (tertiary/aromatic N) is 2. The summed E-state index contributed by atoms with van der Waals surface area (Å²) in [5.41, 5.74) is 1.01. The summed E-state index contributed by atoms with van der Waals surface area (Å²) in [7, 11) is 1.88. The highest BCUT2D eigenvalue weighted by atomic mass is 79.9. The number of aliphatic hydroxyl groups is 1. The average molecular weight is 341 g/mol. The highest BCUT2D eigenvalue weighted by Gasteiger charge is 2.23. The van der Waals surface area contributed by atoms with Gasteiger partial charge in [-0.3, -0.25) is 9.69 Å². The Bertz CT molecular complexity index is 461. The molecule has 1 saturated heterocycles. The van der Waals surface area contributed by atoms with Crippen LogP contribution in [0.25, 0.3) is 0 Å². The summed E-state index contributed by atoms with van der Waals surface area (Å²) in [6.45, 7) is 2.08. The lowest BCUT2D eigenvalue weighted by Crippen LogP contribution is -2.39. The molecule has 1 aromatic rings. The van der Waals surface area contributed by atoms with Crippen LogP contribution in [0.15, 0.2) is 28.7 Å². The van der Waals surface area contributed by atoms with Crippen LogP contribution in [0.5, 0.6) is 0 Å². The van der Waals surface area contributed by atoms with Gasteiger partial charge in [-0.15, -0.1) is 0 Å². The molecule has 1 unspecified atom stereocenters. The molecule has 1 aliphatic heterocycles. The molecule has 0 aliphatic carbocycles. The van der Waals surface area contributed by atoms with Crippen molar-refractivity contribution in [2.24, 2.45) is 0 Å². The Morgan fingerprint density at radius 3 is 2.75 bits per heavy atom. The molecule has 0 aromatic heterocycles. The monoisotopic (exact) mass is 340 g/mol. The number of hydrogen-bond donors (Lipinski definition) is 1. The Labute approximate surface area is 128 Å². The van der Waals surface area contributed by atoms with Gasteiger partial charge in [-0.05, 0) is 37.6 Å². The maximum Gasteiger partial charge on any atom is 0.236 e. The molecule has 1 fully saturated rings. The van der Waals surface area contributed by atoms with Crippen molar-refractivity contribution < 1.29 is 9.90 Å². The molecular weight excluding hydrogens is 320 g/mol. The molecule has 1 atom stereocenters. The SMILES string of the molecule is CN(CC(=O)N1CCCC1)C(CO)c1cccc(Br)c1. The topological polar surface area (TPSA) is 43.8 Å². The minimum absolute atomic E-state index is 0.000231. The van der Waals surface area contributed by atoms with Crippen molar-refractivity contribution in [3.8, 4) is 0 Å². The highest BCUT2D eigenvalue weighted by molar-refractivity contribution is 9.10. The van der Waals surface area contributed by atoms with Crippen LogP contribution in [0.4, 0.5) is 0 Å². The fraction of sp³-hybridized carbons (Fsp3) is 0.533. The summed E-state index contributed by atoms with van der Waals surface area (Å²) >= 11 is 3.44. The zero-order valence-electron chi connectivity index (χ0n) is 11.8. The maximum atomic E-state index is 12.2. The summed E-state index contributed by atoms with van der Waals surface area (Å²) in [4.78, 5) is 16.0. The number of carbonyl (C=O) groups is 1. The minimum atomic E-state index is -0.154. The molecule has 1 N–H and O–H groups in total. The van der Waals surface area contributed by atoms with E-state index in [1.165, 1.54) is 0 Å². The smallest absolute Gasteiger partial charge is 0.236 e. The van der Waals surface area contributed by atoms with E-state index in [9.17, 15) is 9.90 Å². The van der Waals surface area contributed by atoms with E-state index >= 15 is 0 Å². The predicted molar refractivity (Wildman–Crippen MR) is 82.4 cm³/mol. The van der Waals surface area contributed by atoms with E-state index in [0.29, 0.717) is 6.54 Å². The van der Waals surface area contributed by atoms with E-state index in [-0.39, 0.29) is 18.6 Å². The van der Waals surface area contributed by atoms with E-state index in [0.717, 1.165) is 36.0 Å². The quantitative estimate of drug-likeness (QED) is 0.891. The molecule has 110 valence electrons. The number of likely N-dealkylation sites (N-methyl/N-ethyl adjacent to an activating group) is 1. The fourth-order valence-corrected chi connectivity index (χ4v) is 3.02. The van der Waals surface area contributed by atoms with Crippen molar-refractivity contribution in [2.75, 3.05) is 33.3 Å². The van der Waals surface area contributed by atoms with Crippen molar-refractivity contribution in [1.82, 2.24) is 9.80 Å². The number of halogens is 1. The molecule has 0 bridgehead atoms. The first-order valence-corrected chi connectivity index (χ1v) is 7.75. The van der Waals surface area contributed by atoms with Crippen LogP contribution in [-0.4, -0.2) is 54.1 Å². The maximum absolute atomic E-state index is 12.2. The molecule has 5 heteroatoms. The van der Waals surface area contributed by atoms with Crippen molar-refractivity contribution in [2.45, 2.75) is 18.9 Å². The summed E-state index contributed by atoms with van der Waals surface area (Å²) in [6.07, 6.45) is 2.20. The average Bonchev–Trinajstić information content (AvgIpc) is 2.93. The molecule has 0 saturated carbocycles. The molecule has 1 aliphatic rings. The lowest BCUT2D eigenvalue weighted by Gasteiger charge is -2.28. The van der Waals surface area contributed by atoms with Crippen LogP contribution in [0.2, 0.25) is 0 Å². The van der Waals surface area contributed by atoms with Crippen molar-refractivity contribution >= 4 is 21.8 Å². The first kappa shape index (κ1) is 15.5. The van der Waals surface area contributed by atoms with Gasteiger partial charge in [0.2, 0.25) is 5.91 Å². The normalized spacial score (nSPS) is 16.7. The van der Waals surface area contributed by atoms with Gasteiger partial charge in [0.15, 0.2) is 0 Å². The number of hydrogen-bond acceptors (Lipinski definition) is 3. The Hall–Kier alpha value is -0.910.